The van der Waals surface area contributed by atoms with Gasteiger partial charge in [-0.05, 0) is 37.3 Å². The molecule has 0 atom stereocenters. The fourth-order valence-electron chi connectivity index (χ4n) is 1.71. The molecule has 1 N–H and O–H groups in total. The van der Waals surface area contributed by atoms with Crippen LogP contribution < -0.4 is 9.46 Å². The van der Waals surface area contributed by atoms with Gasteiger partial charge < -0.3 is 4.74 Å². The minimum Gasteiger partial charge on any atom is -0.492 e. The third-order valence-corrected chi connectivity index (χ3v) is 4.82. The zero-order chi connectivity index (χ0) is 15.5. The molecule has 0 amide bonds. The number of hydrogen-bond acceptors (Lipinski definition) is 3. The fourth-order valence-corrected chi connectivity index (χ4v) is 3.71. The van der Waals surface area contributed by atoms with E-state index in [1.165, 1.54) is 6.07 Å². The molecule has 0 bridgehead atoms. The summed E-state index contributed by atoms with van der Waals surface area (Å²) in [5.74, 6) is 0.292. The topological polar surface area (TPSA) is 55.4 Å². The molecule has 0 aliphatic rings. The Morgan fingerprint density at radius 2 is 1.95 bits per heavy atom. The summed E-state index contributed by atoms with van der Waals surface area (Å²) in [6, 6.07) is 11.5. The van der Waals surface area contributed by atoms with Crippen LogP contribution in [0, 0.1) is 0 Å². The van der Waals surface area contributed by atoms with Crippen molar-refractivity contribution in [2.24, 2.45) is 0 Å². The van der Waals surface area contributed by atoms with Crippen LogP contribution in [0.25, 0.3) is 0 Å². The number of para-hydroxylation sites is 1. The van der Waals surface area contributed by atoms with E-state index in [9.17, 15) is 8.42 Å². The second-order valence-electron chi connectivity index (χ2n) is 4.11. The average molecular weight is 391 g/mol. The third kappa shape index (κ3) is 3.90. The first-order valence-corrected chi connectivity index (χ1v) is 8.79. The number of halogens is 2. The van der Waals surface area contributed by atoms with Gasteiger partial charge in [0, 0.05) is 4.47 Å². The highest BCUT2D eigenvalue weighted by molar-refractivity contribution is 9.10. The van der Waals surface area contributed by atoms with Crippen molar-refractivity contribution in [1.82, 2.24) is 0 Å². The molecule has 4 nitrogen and oxygen atoms in total. The van der Waals surface area contributed by atoms with Crippen molar-refractivity contribution in [3.05, 3.63) is 52.0 Å². The van der Waals surface area contributed by atoms with Crippen molar-refractivity contribution >= 4 is 43.2 Å². The summed E-state index contributed by atoms with van der Waals surface area (Å²) in [6.45, 7) is 2.16. The van der Waals surface area contributed by atoms with Crippen molar-refractivity contribution in [3.8, 4) is 5.75 Å². The van der Waals surface area contributed by atoms with Gasteiger partial charge in [-0.2, -0.15) is 0 Å². The van der Waals surface area contributed by atoms with Gasteiger partial charge in [-0.15, -0.1) is 0 Å². The smallest absolute Gasteiger partial charge is 0.265 e. The Bertz CT molecular complexity index is 750. The standard InChI is InChI=1S/C14H13BrClNO3S/c1-2-20-13-8-7-10(15)9-14(13)21(18,19)17-12-6-4-3-5-11(12)16/h3-9,17H,2H2,1H3. The predicted octanol–water partition coefficient (Wildman–Crippen LogP) is 4.30. The number of hydrogen-bond donors (Lipinski definition) is 1. The second kappa shape index (κ2) is 6.68. The van der Waals surface area contributed by atoms with E-state index in [2.05, 4.69) is 20.7 Å². The van der Waals surface area contributed by atoms with E-state index >= 15 is 0 Å². The number of sulfonamides is 1. The summed E-state index contributed by atoms with van der Waals surface area (Å²) >= 11 is 9.25. The van der Waals surface area contributed by atoms with Gasteiger partial charge in [-0.25, -0.2) is 8.42 Å². The van der Waals surface area contributed by atoms with E-state index < -0.39 is 10.0 Å². The first kappa shape index (κ1) is 16.1. The highest BCUT2D eigenvalue weighted by atomic mass is 79.9. The maximum absolute atomic E-state index is 12.5. The van der Waals surface area contributed by atoms with E-state index in [0.29, 0.717) is 27.5 Å². The summed E-state index contributed by atoms with van der Waals surface area (Å²) in [6.07, 6.45) is 0. The van der Waals surface area contributed by atoms with E-state index in [1.807, 2.05) is 0 Å². The van der Waals surface area contributed by atoms with Gasteiger partial charge in [0.25, 0.3) is 10.0 Å². The molecule has 0 fully saturated rings. The Morgan fingerprint density at radius 1 is 1.24 bits per heavy atom. The quantitative estimate of drug-likeness (QED) is 0.828. The second-order valence-corrected chi connectivity index (χ2v) is 7.08. The maximum atomic E-state index is 12.5. The molecule has 0 aliphatic heterocycles. The summed E-state index contributed by atoms with van der Waals surface area (Å²) in [5, 5.41) is 0.328. The highest BCUT2D eigenvalue weighted by Gasteiger charge is 2.21. The van der Waals surface area contributed by atoms with Crippen LogP contribution in [0.5, 0.6) is 5.75 Å². The molecule has 0 aromatic heterocycles. The van der Waals surface area contributed by atoms with Crippen LogP contribution >= 0.6 is 27.5 Å². The SMILES string of the molecule is CCOc1ccc(Br)cc1S(=O)(=O)Nc1ccccc1Cl. The van der Waals surface area contributed by atoms with Crippen LogP contribution in [0.4, 0.5) is 5.69 Å². The Kier molecular flexibility index (Phi) is 5.13. The first-order chi connectivity index (χ1) is 9.94. The number of ether oxygens (including phenoxy) is 1. The summed E-state index contributed by atoms with van der Waals surface area (Å²) in [5.41, 5.74) is 0.321. The van der Waals surface area contributed by atoms with Crippen molar-refractivity contribution in [2.75, 3.05) is 11.3 Å². The van der Waals surface area contributed by atoms with Crippen molar-refractivity contribution in [1.29, 1.82) is 0 Å². The first-order valence-electron chi connectivity index (χ1n) is 6.13. The minimum absolute atomic E-state index is 0.0543. The normalized spacial score (nSPS) is 11.2. The van der Waals surface area contributed by atoms with Gasteiger partial charge in [0.2, 0.25) is 0 Å². The molecule has 0 spiro atoms. The molecule has 0 heterocycles. The number of rotatable bonds is 5. The molecular weight excluding hydrogens is 378 g/mol. The Balaban J connectivity index is 2.44. The van der Waals surface area contributed by atoms with Crippen LogP contribution in [-0.4, -0.2) is 15.0 Å². The van der Waals surface area contributed by atoms with Crippen LogP contribution in [0.15, 0.2) is 51.8 Å². The number of nitrogens with one attached hydrogen (secondary N) is 1. The number of benzene rings is 2. The zero-order valence-corrected chi connectivity index (χ0v) is 14.3. The molecule has 7 heteroatoms. The molecule has 2 aromatic rings. The lowest BCUT2D eigenvalue weighted by molar-refractivity contribution is 0.331. The molecule has 0 aliphatic carbocycles. The largest absolute Gasteiger partial charge is 0.492 e. The van der Waals surface area contributed by atoms with E-state index in [0.717, 1.165) is 0 Å². The summed E-state index contributed by atoms with van der Waals surface area (Å²) in [7, 11) is -3.80. The molecule has 2 rings (SSSR count). The summed E-state index contributed by atoms with van der Waals surface area (Å²) in [4.78, 5) is 0.0543. The predicted molar refractivity (Wildman–Crippen MR) is 87.6 cm³/mol. The van der Waals surface area contributed by atoms with E-state index in [1.54, 1.807) is 43.3 Å². The molecule has 0 saturated carbocycles. The maximum Gasteiger partial charge on any atom is 0.265 e. The van der Waals surface area contributed by atoms with E-state index in [4.69, 9.17) is 16.3 Å². The Labute approximate surface area is 137 Å². The average Bonchev–Trinajstić information content (AvgIpc) is 2.43. The molecular formula is C14H13BrClNO3S. The van der Waals surface area contributed by atoms with Gasteiger partial charge in [-0.3, -0.25) is 4.72 Å². The van der Waals surface area contributed by atoms with Gasteiger partial charge >= 0.3 is 0 Å². The monoisotopic (exact) mass is 389 g/mol. The molecule has 0 radical (unpaired) electrons. The lowest BCUT2D eigenvalue weighted by Gasteiger charge is -2.13. The Hall–Kier alpha value is -1.24. The summed E-state index contributed by atoms with van der Waals surface area (Å²) < 4.78 is 33.5. The molecule has 0 unspecified atom stereocenters. The van der Waals surface area contributed by atoms with Crippen LogP contribution in [0.3, 0.4) is 0 Å². The van der Waals surface area contributed by atoms with Gasteiger partial charge in [-0.1, -0.05) is 39.7 Å². The third-order valence-electron chi connectivity index (χ3n) is 2.61. The zero-order valence-electron chi connectivity index (χ0n) is 11.1. The lowest BCUT2D eigenvalue weighted by atomic mass is 10.3. The van der Waals surface area contributed by atoms with Crippen LogP contribution in [0.2, 0.25) is 5.02 Å². The molecule has 2 aromatic carbocycles. The molecule has 112 valence electrons. The minimum atomic E-state index is -3.80. The fraction of sp³-hybridized carbons (Fsp3) is 0.143. The lowest BCUT2D eigenvalue weighted by Crippen LogP contribution is -2.14. The number of anilines is 1. The van der Waals surface area contributed by atoms with Crippen LogP contribution in [-0.2, 0) is 10.0 Å². The van der Waals surface area contributed by atoms with Crippen molar-refractivity contribution in [2.45, 2.75) is 11.8 Å². The van der Waals surface area contributed by atoms with Crippen molar-refractivity contribution in [3.63, 3.8) is 0 Å². The van der Waals surface area contributed by atoms with Crippen molar-refractivity contribution < 1.29 is 13.2 Å². The Morgan fingerprint density at radius 3 is 2.62 bits per heavy atom. The van der Waals surface area contributed by atoms with Crippen LogP contribution in [0.1, 0.15) is 6.92 Å². The van der Waals surface area contributed by atoms with Gasteiger partial charge in [0.1, 0.15) is 10.6 Å². The highest BCUT2D eigenvalue weighted by Crippen LogP contribution is 2.30. The van der Waals surface area contributed by atoms with E-state index in [-0.39, 0.29) is 4.90 Å². The van der Waals surface area contributed by atoms with Gasteiger partial charge in [0.05, 0.1) is 17.3 Å². The molecule has 0 saturated heterocycles. The van der Waals surface area contributed by atoms with Gasteiger partial charge in [0.15, 0.2) is 0 Å². The molecule has 21 heavy (non-hydrogen) atoms.